The van der Waals surface area contributed by atoms with Gasteiger partial charge in [-0.05, 0) is 35.0 Å². The third-order valence-corrected chi connectivity index (χ3v) is 3.67. The van der Waals surface area contributed by atoms with Crippen LogP contribution >= 0.6 is 23.2 Å². The summed E-state index contributed by atoms with van der Waals surface area (Å²) in [7, 11) is 0. The summed E-state index contributed by atoms with van der Waals surface area (Å²) in [5.74, 6) is 0. The van der Waals surface area contributed by atoms with Gasteiger partial charge in [-0.3, -0.25) is 9.59 Å². The lowest BCUT2D eigenvalue weighted by Gasteiger charge is -2.41. The van der Waals surface area contributed by atoms with Crippen molar-refractivity contribution in [2.75, 3.05) is 0 Å². The number of rotatable bonds is 2. The number of hydrogen-bond acceptors (Lipinski definition) is 2. The van der Waals surface area contributed by atoms with E-state index in [0.717, 1.165) is 0 Å². The standard InChI is InChI=1S/C12H14Cl2O2/c1-11(2,3)12(10(14)16)6-4-5-8(7-12)9(13)15/h4-6H,7H2,1-3H3. The van der Waals surface area contributed by atoms with Crippen molar-refractivity contribution in [3.63, 3.8) is 0 Å². The highest BCUT2D eigenvalue weighted by molar-refractivity contribution is 6.68. The first-order valence-electron chi connectivity index (χ1n) is 4.99. The molecule has 0 amide bonds. The third kappa shape index (κ3) is 2.23. The Bertz CT molecular complexity index is 388. The van der Waals surface area contributed by atoms with Crippen LogP contribution in [-0.4, -0.2) is 10.5 Å². The monoisotopic (exact) mass is 260 g/mol. The van der Waals surface area contributed by atoms with Crippen molar-refractivity contribution in [3.05, 3.63) is 23.8 Å². The zero-order valence-electron chi connectivity index (χ0n) is 9.51. The Morgan fingerprint density at radius 1 is 1.31 bits per heavy atom. The van der Waals surface area contributed by atoms with Crippen LogP contribution in [0.3, 0.4) is 0 Å². The maximum absolute atomic E-state index is 11.7. The maximum Gasteiger partial charge on any atom is 0.248 e. The predicted molar refractivity (Wildman–Crippen MR) is 65.4 cm³/mol. The second kappa shape index (κ2) is 4.34. The molecule has 0 heterocycles. The van der Waals surface area contributed by atoms with Crippen molar-refractivity contribution in [2.45, 2.75) is 27.2 Å². The highest BCUT2D eigenvalue weighted by Gasteiger charge is 2.47. The molecule has 2 nitrogen and oxygen atoms in total. The summed E-state index contributed by atoms with van der Waals surface area (Å²) in [6.07, 6.45) is 5.31. The number of hydrogen-bond donors (Lipinski definition) is 0. The van der Waals surface area contributed by atoms with Gasteiger partial charge in [0.1, 0.15) is 0 Å². The number of allylic oxidation sites excluding steroid dienone is 4. The summed E-state index contributed by atoms with van der Waals surface area (Å²) < 4.78 is 0. The van der Waals surface area contributed by atoms with Crippen LogP contribution in [0, 0.1) is 10.8 Å². The SMILES string of the molecule is CC(C)(C)C1(C(=O)Cl)C=CC=C(C(=O)Cl)C1. The van der Waals surface area contributed by atoms with Gasteiger partial charge in [-0.25, -0.2) is 0 Å². The molecule has 0 fully saturated rings. The van der Waals surface area contributed by atoms with E-state index in [0.29, 0.717) is 5.57 Å². The van der Waals surface area contributed by atoms with Gasteiger partial charge in [-0.1, -0.05) is 39.0 Å². The largest absolute Gasteiger partial charge is 0.280 e. The van der Waals surface area contributed by atoms with Gasteiger partial charge in [0, 0.05) is 5.57 Å². The van der Waals surface area contributed by atoms with Gasteiger partial charge in [-0.15, -0.1) is 0 Å². The lowest BCUT2D eigenvalue weighted by Crippen LogP contribution is -2.41. The van der Waals surface area contributed by atoms with Crippen LogP contribution < -0.4 is 0 Å². The Labute approximate surface area is 105 Å². The van der Waals surface area contributed by atoms with E-state index in [9.17, 15) is 9.59 Å². The molecule has 0 spiro atoms. The second-order valence-corrected chi connectivity index (χ2v) is 5.68. The minimum absolute atomic E-state index is 0.262. The van der Waals surface area contributed by atoms with Gasteiger partial charge in [-0.2, -0.15) is 0 Å². The fourth-order valence-electron chi connectivity index (χ4n) is 1.83. The van der Waals surface area contributed by atoms with E-state index in [-0.39, 0.29) is 11.8 Å². The van der Waals surface area contributed by atoms with Crippen LogP contribution in [0.2, 0.25) is 0 Å². The van der Waals surface area contributed by atoms with Crippen molar-refractivity contribution in [3.8, 4) is 0 Å². The van der Waals surface area contributed by atoms with Gasteiger partial charge in [0.2, 0.25) is 10.5 Å². The average Bonchev–Trinajstić information content (AvgIpc) is 2.15. The molecule has 1 rings (SSSR count). The van der Waals surface area contributed by atoms with Crippen LogP contribution in [0.5, 0.6) is 0 Å². The first kappa shape index (κ1) is 13.5. The summed E-state index contributed by atoms with van der Waals surface area (Å²) in [5.41, 5.74) is -0.801. The molecule has 1 atom stereocenters. The first-order chi connectivity index (χ1) is 7.21. The van der Waals surface area contributed by atoms with Crippen molar-refractivity contribution < 1.29 is 9.59 Å². The first-order valence-corrected chi connectivity index (χ1v) is 5.74. The molecule has 0 N–H and O–H groups in total. The molecular formula is C12H14Cl2O2. The molecule has 0 radical (unpaired) electrons. The normalized spacial score (nSPS) is 25.2. The third-order valence-electron chi connectivity index (χ3n) is 3.09. The molecule has 0 aromatic heterocycles. The minimum atomic E-state index is -0.858. The molecule has 1 aliphatic carbocycles. The van der Waals surface area contributed by atoms with Crippen molar-refractivity contribution in [2.24, 2.45) is 10.8 Å². The summed E-state index contributed by atoms with van der Waals surface area (Å²) in [6.45, 7) is 5.75. The van der Waals surface area contributed by atoms with Crippen molar-refractivity contribution in [1.82, 2.24) is 0 Å². The Hall–Kier alpha value is -0.600. The quantitative estimate of drug-likeness (QED) is 0.713. The minimum Gasteiger partial charge on any atom is -0.280 e. The molecule has 1 aliphatic rings. The Morgan fingerprint density at radius 2 is 1.88 bits per heavy atom. The molecule has 0 aliphatic heterocycles. The van der Waals surface area contributed by atoms with Gasteiger partial charge >= 0.3 is 0 Å². The summed E-state index contributed by atoms with van der Waals surface area (Å²) in [5, 5.41) is -0.990. The zero-order valence-corrected chi connectivity index (χ0v) is 11.0. The second-order valence-electron chi connectivity index (χ2n) is 5.00. The van der Waals surface area contributed by atoms with Gasteiger partial charge in [0.25, 0.3) is 0 Å². The summed E-state index contributed by atoms with van der Waals surface area (Å²) >= 11 is 11.1. The fourth-order valence-corrected chi connectivity index (χ4v) is 2.37. The van der Waals surface area contributed by atoms with Crippen LogP contribution in [-0.2, 0) is 9.59 Å². The highest BCUT2D eigenvalue weighted by atomic mass is 35.5. The summed E-state index contributed by atoms with van der Waals surface area (Å²) in [6, 6.07) is 0. The fraction of sp³-hybridized carbons (Fsp3) is 0.500. The topological polar surface area (TPSA) is 34.1 Å². The number of halogens is 2. The summed E-state index contributed by atoms with van der Waals surface area (Å²) in [4.78, 5) is 22.8. The van der Waals surface area contributed by atoms with E-state index in [1.54, 1.807) is 18.2 Å². The molecule has 0 aromatic carbocycles. The van der Waals surface area contributed by atoms with E-state index >= 15 is 0 Å². The number of carbonyl (C=O) groups is 2. The smallest absolute Gasteiger partial charge is 0.248 e. The lowest BCUT2D eigenvalue weighted by atomic mass is 9.63. The molecule has 0 aromatic rings. The van der Waals surface area contributed by atoms with Crippen LogP contribution in [0.4, 0.5) is 0 Å². The molecular weight excluding hydrogens is 247 g/mol. The van der Waals surface area contributed by atoms with E-state index in [1.807, 2.05) is 20.8 Å². The highest BCUT2D eigenvalue weighted by Crippen LogP contribution is 2.48. The molecule has 1 unspecified atom stereocenters. The van der Waals surface area contributed by atoms with Crippen LogP contribution in [0.1, 0.15) is 27.2 Å². The Balaban J connectivity index is 3.20. The molecule has 0 saturated carbocycles. The molecule has 0 saturated heterocycles. The zero-order chi connectivity index (χ0) is 12.6. The van der Waals surface area contributed by atoms with E-state index in [2.05, 4.69) is 0 Å². The van der Waals surface area contributed by atoms with E-state index in [1.165, 1.54) is 0 Å². The van der Waals surface area contributed by atoms with Gasteiger partial charge in [0.05, 0.1) is 5.41 Å². The molecule has 4 heteroatoms. The number of carbonyl (C=O) groups excluding carboxylic acids is 2. The molecule has 16 heavy (non-hydrogen) atoms. The van der Waals surface area contributed by atoms with Crippen LogP contribution in [0.15, 0.2) is 23.8 Å². The predicted octanol–water partition coefficient (Wildman–Crippen LogP) is 3.44. The van der Waals surface area contributed by atoms with Crippen molar-refractivity contribution in [1.29, 1.82) is 0 Å². The average molecular weight is 261 g/mol. The van der Waals surface area contributed by atoms with E-state index in [4.69, 9.17) is 23.2 Å². The molecule has 88 valence electrons. The van der Waals surface area contributed by atoms with Crippen LogP contribution in [0.25, 0.3) is 0 Å². The lowest BCUT2D eigenvalue weighted by molar-refractivity contribution is -0.123. The van der Waals surface area contributed by atoms with Gasteiger partial charge < -0.3 is 0 Å². The Kier molecular flexibility index (Phi) is 3.65. The maximum atomic E-state index is 11.7. The van der Waals surface area contributed by atoms with Gasteiger partial charge in [0.15, 0.2) is 0 Å². The molecule has 0 bridgehead atoms. The van der Waals surface area contributed by atoms with E-state index < -0.39 is 15.9 Å². The van der Waals surface area contributed by atoms with Crippen molar-refractivity contribution >= 4 is 33.7 Å². The Morgan fingerprint density at radius 3 is 2.25 bits per heavy atom.